The molecule has 1 heterocycles. The van der Waals surface area contributed by atoms with Crippen LogP contribution in [0.15, 0.2) is 42.5 Å². The molecule has 0 aliphatic rings. The monoisotopic (exact) mass is 288 g/mol. The highest BCUT2D eigenvalue weighted by Crippen LogP contribution is 2.26. The lowest BCUT2D eigenvalue weighted by Gasteiger charge is -2.15. The first-order valence-electron chi connectivity index (χ1n) is 6.64. The zero-order chi connectivity index (χ0) is 14.5. The lowest BCUT2D eigenvalue weighted by Crippen LogP contribution is -2.15. The van der Waals surface area contributed by atoms with E-state index in [-0.39, 0.29) is 5.91 Å². The summed E-state index contributed by atoms with van der Waals surface area (Å²) in [7, 11) is 0. The van der Waals surface area contributed by atoms with Crippen LogP contribution in [0.4, 0.5) is 5.69 Å². The highest BCUT2D eigenvalue weighted by molar-refractivity contribution is 6.29. The van der Waals surface area contributed by atoms with Crippen LogP contribution in [-0.4, -0.2) is 10.9 Å². The van der Waals surface area contributed by atoms with Crippen molar-refractivity contribution in [1.29, 1.82) is 0 Å². The number of pyridine rings is 1. The van der Waals surface area contributed by atoms with Crippen LogP contribution in [0.2, 0.25) is 5.15 Å². The molecule has 0 bridgehead atoms. The van der Waals surface area contributed by atoms with E-state index in [0.717, 1.165) is 17.7 Å². The Balaban J connectivity index is 2.24. The van der Waals surface area contributed by atoms with Crippen LogP contribution >= 0.6 is 11.6 Å². The van der Waals surface area contributed by atoms with E-state index in [9.17, 15) is 4.79 Å². The van der Waals surface area contributed by atoms with E-state index in [2.05, 4.69) is 24.1 Å². The molecule has 0 aliphatic heterocycles. The van der Waals surface area contributed by atoms with Gasteiger partial charge >= 0.3 is 0 Å². The first kappa shape index (κ1) is 14.5. The third-order valence-electron chi connectivity index (χ3n) is 3.30. The van der Waals surface area contributed by atoms with Gasteiger partial charge < -0.3 is 5.32 Å². The van der Waals surface area contributed by atoms with Gasteiger partial charge in [0.15, 0.2) is 0 Å². The minimum atomic E-state index is -0.247. The molecule has 2 aromatic rings. The number of hydrogen-bond acceptors (Lipinski definition) is 2. The Morgan fingerprint density at radius 1 is 1.25 bits per heavy atom. The van der Waals surface area contributed by atoms with Crippen molar-refractivity contribution >= 4 is 23.2 Å². The summed E-state index contributed by atoms with van der Waals surface area (Å²) in [6.45, 7) is 4.27. The number of carbonyl (C=O) groups is 1. The predicted octanol–water partition coefficient (Wildman–Crippen LogP) is 4.50. The summed E-state index contributed by atoms with van der Waals surface area (Å²) in [6.07, 6.45) is 1.02. The molecule has 104 valence electrons. The maximum Gasteiger partial charge on any atom is 0.274 e. The average molecular weight is 289 g/mol. The Labute approximate surface area is 124 Å². The Hall–Kier alpha value is -1.87. The number of halogens is 1. The summed E-state index contributed by atoms with van der Waals surface area (Å²) in [5, 5.41) is 3.22. The fourth-order valence-electron chi connectivity index (χ4n) is 1.98. The summed E-state index contributed by atoms with van der Waals surface area (Å²) in [6, 6.07) is 12.8. The van der Waals surface area contributed by atoms with Gasteiger partial charge in [-0.3, -0.25) is 4.79 Å². The Morgan fingerprint density at radius 3 is 2.70 bits per heavy atom. The normalized spacial score (nSPS) is 11.9. The summed E-state index contributed by atoms with van der Waals surface area (Å²) >= 11 is 5.80. The van der Waals surface area contributed by atoms with Crippen molar-refractivity contribution in [3.8, 4) is 0 Å². The number of nitrogens with zero attached hydrogens (tertiary/aromatic N) is 1. The molecule has 1 unspecified atom stereocenters. The van der Waals surface area contributed by atoms with Crippen molar-refractivity contribution in [3.63, 3.8) is 0 Å². The molecule has 0 saturated carbocycles. The van der Waals surface area contributed by atoms with E-state index in [1.807, 2.05) is 24.3 Å². The molecule has 20 heavy (non-hydrogen) atoms. The van der Waals surface area contributed by atoms with Crippen LogP contribution in [0.3, 0.4) is 0 Å². The minimum Gasteiger partial charge on any atom is -0.320 e. The van der Waals surface area contributed by atoms with Crippen molar-refractivity contribution in [1.82, 2.24) is 4.98 Å². The molecular weight excluding hydrogens is 272 g/mol. The highest BCUT2D eigenvalue weighted by Gasteiger charge is 2.13. The zero-order valence-electron chi connectivity index (χ0n) is 11.6. The molecule has 1 N–H and O–H groups in total. The molecule has 0 radical (unpaired) electrons. The van der Waals surface area contributed by atoms with Crippen LogP contribution in [0.5, 0.6) is 0 Å². The molecule has 1 atom stereocenters. The number of aromatic nitrogens is 1. The summed E-state index contributed by atoms with van der Waals surface area (Å²) in [4.78, 5) is 16.2. The van der Waals surface area contributed by atoms with E-state index in [0.29, 0.717) is 16.8 Å². The van der Waals surface area contributed by atoms with Crippen LogP contribution in [0.25, 0.3) is 0 Å². The van der Waals surface area contributed by atoms with E-state index >= 15 is 0 Å². The van der Waals surface area contributed by atoms with Gasteiger partial charge in [-0.05, 0) is 36.1 Å². The fraction of sp³-hybridized carbons (Fsp3) is 0.250. The van der Waals surface area contributed by atoms with Gasteiger partial charge in [-0.1, -0.05) is 49.7 Å². The maximum atomic E-state index is 12.2. The molecule has 0 saturated heterocycles. The van der Waals surface area contributed by atoms with Crippen molar-refractivity contribution in [2.24, 2.45) is 0 Å². The van der Waals surface area contributed by atoms with Gasteiger partial charge in [-0.2, -0.15) is 0 Å². The second-order valence-electron chi connectivity index (χ2n) is 4.70. The smallest absolute Gasteiger partial charge is 0.274 e. The van der Waals surface area contributed by atoms with Crippen LogP contribution in [0, 0.1) is 0 Å². The molecule has 0 aliphatic carbocycles. The second kappa shape index (κ2) is 6.53. The topological polar surface area (TPSA) is 42.0 Å². The molecule has 1 aromatic carbocycles. The number of rotatable bonds is 4. The Kier molecular flexibility index (Phi) is 4.74. The van der Waals surface area contributed by atoms with Gasteiger partial charge in [0.05, 0.1) is 0 Å². The summed E-state index contributed by atoms with van der Waals surface area (Å²) in [5.74, 6) is 0.141. The third kappa shape index (κ3) is 3.36. The second-order valence-corrected chi connectivity index (χ2v) is 5.08. The van der Waals surface area contributed by atoms with E-state index in [1.165, 1.54) is 0 Å². The first-order chi connectivity index (χ1) is 9.61. The Morgan fingerprint density at radius 2 is 2.00 bits per heavy atom. The van der Waals surface area contributed by atoms with Gasteiger partial charge in [0.1, 0.15) is 10.8 Å². The molecule has 4 heteroatoms. The van der Waals surface area contributed by atoms with Crippen molar-refractivity contribution < 1.29 is 4.79 Å². The quantitative estimate of drug-likeness (QED) is 0.842. The van der Waals surface area contributed by atoms with Crippen molar-refractivity contribution in [3.05, 3.63) is 58.9 Å². The summed E-state index contributed by atoms with van der Waals surface area (Å²) in [5.41, 5.74) is 2.27. The van der Waals surface area contributed by atoms with Gasteiger partial charge in [-0.25, -0.2) is 4.98 Å². The van der Waals surface area contributed by atoms with E-state index in [1.54, 1.807) is 18.2 Å². The fourth-order valence-corrected chi connectivity index (χ4v) is 2.15. The van der Waals surface area contributed by atoms with Crippen LogP contribution in [-0.2, 0) is 0 Å². The van der Waals surface area contributed by atoms with Gasteiger partial charge in [0.2, 0.25) is 0 Å². The van der Waals surface area contributed by atoms with Gasteiger partial charge in [-0.15, -0.1) is 0 Å². The number of carbonyl (C=O) groups excluding carboxylic acids is 1. The van der Waals surface area contributed by atoms with Crippen molar-refractivity contribution in [2.75, 3.05) is 5.32 Å². The maximum absolute atomic E-state index is 12.2. The predicted molar refractivity (Wildman–Crippen MR) is 82.3 cm³/mol. The van der Waals surface area contributed by atoms with E-state index in [4.69, 9.17) is 11.6 Å². The number of para-hydroxylation sites is 1. The van der Waals surface area contributed by atoms with E-state index < -0.39 is 0 Å². The molecule has 1 amide bonds. The lowest BCUT2D eigenvalue weighted by molar-refractivity contribution is 0.102. The lowest BCUT2D eigenvalue weighted by atomic mass is 9.97. The largest absolute Gasteiger partial charge is 0.320 e. The van der Waals surface area contributed by atoms with Crippen LogP contribution < -0.4 is 5.32 Å². The molecule has 0 spiro atoms. The molecule has 0 fully saturated rings. The molecule has 1 aromatic heterocycles. The average Bonchev–Trinajstić information content (AvgIpc) is 2.47. The SMILES string of the molecule is CCC(C)c1ccccc1NC(=O)c1cccc(Cl)n1. The number of benzene rings is 1. The zero-order valence-corrected chi connectivity index (χ0v) is 12.3. The molecule has 2 rings (SSSR count). The minimum absolute atomic E-state index is 0.247. The number of anilines is 1. The summed E-state index contributed by atoms with van der Waals surface area (Å²) < 4.78 is 0. The van der Waals surface area contributed by atoms with Crippen LogP contribution in [0.1, 0.15) is 42.2 Å². The molecular formula is C16H17ClN2O. The standard InChI is InChI=1S/C16H17ClN2O/c1-3-11(2)12-7-4-5-8-13(12)19-16(20)14-9-6-10-15(17)18-14/h4-11H,3H2,1-2H3,(H,19,20). The first-order valence-corrected chi connectivity index (χ1v) is 7.02. The number of hydrogen-bond donors (Lipinski definition) is 1. The molecule has 3 nitrogen and oxygen atoms in total. The number of nitrogens with one attached hydrogen (secondary N) is 1. The number of amides is 1. The van der Waals surface area contributed by atoms with Crippen molar-refractivity contribution in [2.45, 2.75) is 26.2 Å². The Bertz CT molecular complexity index is 613. The van der Waals surface area contributed by atoms with Gasteiger partial charge in [0.25, 0.3) is 5.91 Å². The third-order valence-corrected chi connectivity index (χ3v) is 3.51. The van der Waals surface area contributed by atoms with Gasteiger partial charge in [0, 0.05) is 5.69 Å². The highest BCUT2D eigenvalue weighted by atomic mass is 35.5.